The molecule has 2 heteroatoms. The molecule has 14 heavy (non-hydrogen) atoms. The summed E-state index contributed by atoms with van der Waals surface area (Å²) in [4.78, 5) is 0. The standard InChI is InChI=1S/C12H25NO/c1-10-9-12(2,3)6-5-11(10)13-7-4-8-14/h10-11,13-14H,4-9H2,1-3H3. The highest BCUT2D eigenvalue weighted by Gasteiger charge is 2.31. The van der Waals surface area contributed by atoms with Gasteiger partial charge < -0.3 is 10.4 Å². The van der Waals surface area contributed by atoms with Crippen molar-refractivity contribution < 1.29 is 5.11 Å². The third-order valence-corrected chi connectivity index (χ3v) is 3.43. The van der Waals surface area contributed by atoms with Crippen LogP contribution in [0.5, 0.6) is 0 Å². The molecule has 0 amide bonds. The van der Waals surface area contributed by atoms with Crippen LogP contribution < -0.4 is 5.32 Å². The van der Waals surface area contributed by atoms with Gasteiger partial charge in [0.15, 0.2) is 0 Å². The fraction of sp³-hybridized carbons (Fsp3) is 1.00. The van der Waals surface area contributed by atoms with E-state index in [1.807, 2.05) is 0 Å². The molecule has 0 bridgehead atoms. The van der Waals surface area contributed by atoms with Crippen molar-refractivity contribution in [3.05, 3.63) is 0 Å². The SMILES string of the molecule is CC1CC(C)(C)CCC1NCCCO. The fourth-order valence-electron chi connectivity index (χ4n) is 2.62. The molecule has 2 atom stereocenters. The molecule has 0 spiro atoms. The van der Waals surface area contributed by atoms with Gasteiger partial charge in [0.05, 0.1) is 0 Å². The van der Waals surface area contributed by atoms with Gasteiger partial charge in [-0.05, 0) is 43.6 Å². The van der Waals surface area contributed by atoms with Gasteiger partial charge in [0.2, 0.25) is 0 Å². The van der Waals surface area contributed by atoms with E-state index in [1.54, 1.807) is 0 Å². The van der Waals surface area contributed by atoms with Crippen molar-refractivity contribution in [1.82, 2.24) is 5.32 Å². The van der Waals surface area contributed by atoms with Crippen molar-refractivity contribution in [3.63, 3.8) is 0 Å². The second-order valence-corrected chi connectivity index (χ2v) is 5.52. The zero-order chi connectivity index (χ0) is 10.6. The van der Waals surface area contributed by atoms with Gasteiger partial charge in [-0.15, -0.1) is 0 Å². The Balaban J connectivity index is 2.27. The predicted octanol–water partition coefficient (Wildman–Crippen LogP) is 2.17. The molecule has 2 unspecified atom stereocenters. The van der Waals surface area contributed by atoms with Gasteiger partial charge in [-0.2, -0.15) is 0 Å². The summed E-state index contributed by atoms with van der Waals surface area (Å²) in [6.45, 7) is 8.35. The lowest BCUT2D eigenvalue weighted by Gasteiger charge is -2.39. The van der Waals surface area contributed by atoms with Crippen LogP contribution in [0.25, 0.3) is 0 Å². The Morgan fingerprint density at radius 1 is 1.43 bits per heavy atom. The third-order valence-electron chi connectivity index (χ3n) is 3.43. The average Bonchev–Trinajstić information content (AvgIpc) is 2.08. The van der Waals surface area contributed by atoms with Crippen molar-refractivity contribution >= 4 is 0 Å². The van der Waals surface area contributed by atoms with Gasteiger partial charge in [-0.25, -0.2) is 0 Å². The van der Waals surface area contributed by atoms with E-state index in [1.165, 1.54) is 19.3 Å². The van der Waals surface area contributed by atoms with Crippen LogP contribution >= 0.6 is 0 Å². The predicted molar refractivity (Wildman–Crippen MR) is 60.3 cm³/mol. The molecule has 84 valence electrons. The van der Waals surface area contributed by atoms with Gasteiger partial charge in [0.25, 0.3) is 0 Å². The summed E-state index contributed by atoms with van der Waals surface area (Å²) in [5, 5.41) is 12.3. The number of aliphatic hydroxyl groups is 1. The molecule has 2 N–H and O–H groups in total. The zero-order valence-corrected chi connectivity index (χ0v) is 9.84. The van der Waals surface area contributed by atoms with Crippen LogP contribution in [0, 0.1) is 11.3 Å². The summed E-state index contributed by atoms with van der Waals surface area (Å²) in [5.74, 6) is 0.775. The van der Waals surface area contributed by atoms with Crippen molar-refractivity contribution in [2.45, 2.75) is 52.5 Å². The molecule has 0 aromatic heterocycles. The van der Waals surface area contributed by atoms with Crippen LogP contribution in [0.4, 0.5) is 0 Å². The first-order valence-corrected chi connectivity index (χ1v) is 5.89. The minimum absolute atomic E-state index is 0.305. The first-order valence-electron chi connectivity index (χ1n) is 5.89. The lowest BCUT2D eigenvalue weighted by atomic mass is 9.70. The summed E-state index contributed by atoms with van der Waals surface area (Å²) in [6.07, 6.45) is 4.82. The molecule has 0 heterocycles. The monoisotopic (exact) mass is 199 g/mol. The van der Waals surface area contributed by atoms with E-state index in [0.717, 1.165) is 18.9 Å². The molecule has 0 radical (unpaired) electrons. The Bertz CT molecular complexity index is 168. The van der Waals surface area contributed by atoms with Crippen molar-refractivity contribution in [2.75, 3.05) is 13.2 Å². The van der Waals surface area contributed by atoms with E-state index < -0.39 is 0 Å². The highest BCUT2D eigenvalue weighted by molar-refractivity contribution is 4.86. The Kier molecular flexibility index (Phi) is 4.39. The lowest BCUT2D eigenvalue weighted by molar-refractivity contribution is 0.147. The molecule has 1 aliphatic carbocycles. The Hall–Kier alpha value is -0.0800. The van der Waals surface area contributed by atoms with E-state index in [4.69, 9.17) is 5.11 Å². The molecule has 0 aromatic carbocycles. The van der Waals surface area contributed by atoms with Gasteiger partial charge in [0.1, 0.15) is 0 Å². The minimum Gasteiger partial charge on any atom is -0.396 e. The van der Waals surface area contributed by atoms with Crippen molar-refractivity contribution in [1.29, 1.82) is 0 Å². The smallest absolute Gasteiger partial charge is 0.0443 e. The van der Waals surface area contributed by atoms with Crippen LogP contribution in [0.2, 0.25) is 0 Å². The number of hydrogen-bond donors (Lipinski definition) is 2. The van der Waals surface area contributed by atoms with Crippen molar-refractivity contribution in [2.24, 2.45) is 11.3 Å². The maximum absolute atomic E-state index is 8.70. The summed E-state index contributed by atoms with van der Waals surface area (Å²) in [6, 6.07) is 0.676. The van der Waals surface area contributed by atoms with Gasteiger partial charge in [0, 0.05) is 12.6 Å². The summed E-state index contributed by atoms with van der Waals surface area (Å²) in [5.41, 5.74) is 0.536. The second-order valence-electron chi connectivity index (χ2n) is 5.52. The van der Waals surface area contributed by atoms with Crippen molar-refractivity contribution in [3.8, 4) is 0 Å². The molecule has 1 rings (SSSR count). The first kappa shape index (κ1) is 12.0. The second kappa shape index (κ2) is 5.13. The molecule has 0 saturated heterocycles. The topological polar surface area (TPSA) is 32.3 Å². The van der Waals surface area contributed by atoms with E-state index in [2.05, 4.69) is 26.1 Å². The zero-order valence-electron chi connectivity index (χ0n) is 9.84. The van der Waals surface area contributed by atoms with Gasteiger partial charge in [-0.1, -0.05) is 20.8 Å². The highest BCUT2D eigenvalue weighted by atomic mass is 16.3. The maximum atomic E-state index is 8.70. The first-order chi connectivity index (χ1) is 6.55. The Morgan fingerprint density at radius 2 is 2.14 bits per heavy atom. The fourth-order valence-corrected chi connectivity index (χ4v) is 2.62. The quantitative estimate of drug-likeness (QED) is 0.680. The van der Waals surface area contributed by atoms with Crippen LogP contribution in [0.3, 0.4) is 0 Å². The number of nitrogens with one attached hydrogen (secondary N) is 1. The molecule has 1 aliphatic rings. The van der Waals surface area contributed by atoms with E-state index in [0.29, 0.717) is 18.1 Å². The summed E-state index contributed by atoms with van der Waals surface area (Å²) >= 11 is 0. The average molecular weight is 199 g/mol. The van der Waals surface area contributed by atoms with Crippen LogP contribution in [-0.2, 0) is 0 Å². The van der Waals surface area contributed by atoms with Gasteiger partial charge >= 0.3 is 0 Å². The Labute approximate surface area is 88.1 Å². The molecule has 0 aromatic rings. The van der Waals surface area contributed by atoms with Gasteiger partial charge in [-0.3, -0.25) is 0 Å². The molecular formula is C12H25NO. The number of rotatable bonds is 4. The van der Waals surface area contributed by atoms with Crippen LogP contribution in [0.15, 0.2) is 0 Å². The summed E-state index contributed by atoms with van der Waals surface area (Å²) in [7, 11) is 0. The lowest BCUT2D eigenvalue weighted by Crippen LogP contribution is -2.42. The van der Waals surface area contributed by atoms with E-state index in [9.17, 15) is 0 Å². The van der Waals surface area contributed by atoms with E-state index >= 15 is 0 Å². The molecule has 1 fully saturated rings. The normalized spacial score (nSPS) is 31.7. The minimum atomic E-state index is 0.305. The largest absolute Gasteiger partial charge is 0.396 e. The summed E-state index contributed by atoms with van der Waals surface area (Å²) < 4.78 is 0. The highest BCUT2D eigenvalue weighted by Crippen LogP contribution is 2.38. The molecular weight excluding hydrogens is 174 g/mol. The number of aliphatic hydroxyl groups excluding tert-OH is 1. The maximum Gasteiger partial charge on any atom is 0.0443 e. The molecule has 2 nitrogen and oxygen atoms in total. The molecule has 1 saturated carbocycles. The Morgan fingerprint density at radius 3 is 2.71 bits per heavy atom. The molecule has 0 aliphatic heterocycles. The third kappa shape index (κ3) is 3.58. The van der Waals surface area contributed by atoms with Crippen LogP contribution in [0.1, 0.15) is 46.5 Å². The van der Waals surface area contributed by atoms with Crippen LogP contribution in [-0.4, -0.2) is 24.3 Å². The number of hydrogen-bond acceptors (Lipinski definition) is 2. The van der Waals surface area contributed by atoms with E-state index in [-0.39, 0.29) is 0 Å².